The fourth-order valence-corrected chi connectivity index (χ4v) is 8.54. The Bertz CT molecular complexity index is 121. The first-order valence-corrected chi connectivity index (χ1v) is 9.68. The van der Waals surface area contributed by atoms with Crippen LogP contribution in [0.3, 0.4) is 0 Å². The van der Waals surface area contributed by atoms with Gasteiger partial charge in [0.1, 0.15) is 0 Å². The van der Waals surface area contributed by atoms with Gasteiger partial charge in [0.15, 0.2) is 0 Å². The molecule has 0 aromatic rings. The smallest absolute Gasteiger partial charge is 0.377 e. The summed E-state index contributed by atoms with van der Waals surface area (Å²) < 4.78 is 16.0. The zero-order valence-corrected chi connectivity index (χ0v) is 10.9. The molecule has 74 valence electrons. The minimum absolute atomic E-state index is 0.976. The van der Waals surface area contributed by atoms with Crippen molar-refractivity contribution in [2.75, 3.05) is 21.3 Å². The van der Waals surface area contributed by atoms with E-state index in [-0.39, 0.29) is 0 Å². The highest BCUT2D eigenvalue weighted by Crippen LogP contribution is 2.20. The van der Waals surface area contributed by atoms with E-state index in [1.807, 2.05) is 0 Å². The van der Waals surface area contributed by atoms with Crippen molar-refractivity contribution in [3.05, 3.63) is 0 Å². The second-order valence-corrected chi connectivity index (χ2v) is 13.2. The average Bonchev–Trinajstić information content (AvgIpc) is 1.99. The molecule has 0 aromatic carbocycles. The van der Waals surface area contributed by atoms with Crippen molar-refractivity contribution in [3.8, 4) is 0 Å². The van der Waals surface area contributed by atoms with Gasteiger partial charge in [-0.3, -0.25) is 0 Å². The van der Waals surface area contributed by atoms with Crippen molar-refractivity contribution in [3.63, 3.8) is 0 Å². The third-order valence-corrected chi connectivity index (χ3v) is 9.52. The second-order valence-electron chi connectivity index (χ2n) is 4.03. The molecule has 0 aromatic heterocycles. The number of hydrogen-bond donors (Lipinski definition) is 0. The zero-order chi connectivity index (χ0) is 9.83. The lowest BCUT2D eigenvalue weighted by Crippen LogP contribution is -2.48. The monoisotopic (exact) mass is 208 g/mol. The lowest BCUT2D eigenvalue weighted by Gasteiger charge is -2.29. The molecule has 0 radical (unpaired) electrons. The Morgan fingerprint density at radius 1 is 0.833 bits per heavy atom. The molecule has 0 saturated carbocycles. The maximum Gasteiger partial charge on any atom is 0.497 e. The molecule has 0 aliphatic rings. The maximum absolute atomic E-state index is 5.34. The third-order valence-electron chi connectivity index (χ3n) is 1.68. The first-order chi connectivity index (χ1) is 5.39. The molecule has 0 heterocycles. The SMILES string of the molecule is CO[Si](C[Si](C)(C)C)(OC)OC. The van der Waals surface area contributed by atoms with E-state index in [1.165, 1.54) is 0 Å². The van der Waals surface area contributed by atoms with Crippen molar-refractivity contribution in [1.29, 1.82) is 0 Å². The Hall–Kier alpha value is 0.314. The fraction of sp³-hybridized carbons (Fsp3) is 1.00. The van der Waals surface area contributed by atoms with E-state index in [1.54, 1.807) is 21.3 Å². The van der Waals surface area contributed by atoms with Gasteiger partial charge in [0.05, 0.1) is 0 Å². The van der Waals surface area contributed by atoms with Crippen LogP contribution in [0.2, 0.25) is 25.3 Å². The summed E-state index contributed by atoms with van der Waals surface area (Å²) in [6.45, 7) is 6.85. The molecule has 3 nitrogen and oxygen atoms in total. The molecule has 0 saturated heterocycles. The van der Waals surface area contributed by atoms with Crippen molar-refractivity contribution in [2.24, 2.45) is 0 Å². The maximum atomic E-state index is 5.34. The van der Waals surface area contributed by atoms with Crippen LogP contribution in [0.4, 0.5) is 0 Å². The summed E-state index contributed by atoms with van der Waals surface area (Å²) in [4.78, 5) is 0. The highest BCUT2D eigenvalue weighted by molar-refractivity contribution is 6.88. The normalized spacial score (nSPS) is 13.5. The topological polar surface area (TPSA) is 27.7 Å². The molecule has 5 heteroatoms. The van der Waals surface area contributed by atoms with E-state index in [2.05, 4.69) is 19.6 Å². The highest BCUT2D eigenvalue weighted by Gasteiger charge is 2.42. The van der Waals surface area contributed by atoms with Crippen LogP contribution in [0.25, 0.3) is 0 Å². The standard InChI is InChI=1S/C7H20O3Si2/c1-8-12(9-2,10-3)7-11(4,5)6/h7H2,1-6H3. The summed E-state index contributed by atoms with van der Waals surface area (Å²) in [5, 5.41) is 0. The predicted octanol–water partition coefficient (Wildman–Crippen LogP) is 1.74. The molecule has 12 heavy (non-hydrogen) atoms. The molecule has 0 fully saturated rings. The Balaban J connectivity index is 4.30. The first kappa shape index (κ1) is 12.3. The Morgan fingerprint density at radius 3 is 1.25 bits per heavy atom. The van der Waals surface area contributed by atoms with Gasteiger partial charge in [0.2, 0.25) is 0 Å². The van der Waals surface area contributed by atoms with Gasteiger partial charge in [-0.1, -0.05) is 19.6 Å². The van der Waals surface area contributed by atoms with Crippen LogP contribution in [0, 0.1) is 0 Å². The molecule has 0 rings (SSSR count). The van der Waals surface area contributed by atoms with Gasteiger partial charge >= 0.3 is 8.80 Å². The van der Waals surface area contributed by atoms with Gasteiger partial charge in [-0.25, -0.2) is 0 Å². The Kier molecular flexibility index (Phi) is 4.64. The van der Waals surface area contributed by atoms with E-state index in [0.717, 1.165) is 5.67 Å². The van der Waals surface area contributed by atoms with Crippen molar-refractivity contribution in [1.82, 2.24) is 0 Å². The predicted molar refractivity (Wildman–Crippen MR) is 54.9 cm³/mol. The molecule has 0 atom stereocenters. The zero-order valence-electron chi connectivity index (χ0n) is 8.93. The Labute approximate surface area is 77.4 Å². The molecule has 0 amide bonds. The van der Waals surface area contributed by atoms with Crippen LogP contribution >= 0.6 is 0 Å². The average molecular weight is 208 g/mol. The molecule has 0 unspecified atom stereocenters. The van der Waals surface area contributed by atoms with Gasteiger partial charge in [0, 0.05) is 35.1 Å². The quantitative estimate of drug-likeness (QED) is 0.644. The molecule has 0 spiro atoms. The van der Waals surface area contributed by atoms with Gasteiger partial charge in [0.25, 0.3) is 0 Å². The fourth-order valence-electron chi connectivity index (χ4n) is 1.12. The molecular weight excluding hydrogens is 188 g/mol. The number of rotatable bonds is 5. The lowest BCUT2D eigenvalue weighted by molar-refractivity contribution is 0.128. The van der Waals surface area contributed by atoms with Crippen molar-refractivity contribution < 1.29 is 13.3 Å². The van der Waals surface area contributed by atoms with Gasteiger partial charge in [-0.05, 0) is 0 Å². The minimum atomic E-state index is -2.29. The molecule has 0 aliphatic carbocycles. The highest BCUT2D eigenvalue weighted by atomic mass is 28.4. The van der Waals surface area contributed by atoms with E-state index in [4.69, 9.17) is 13.3 Å². The minimum Gasteiger partial charge on any atom is -0.377 e. The van der Waals surface area contributed by atoms with Gasteiger partial charge < -0.3 is 13.3 Å². The summed E-state index contributed by atoms with van der Waals surface area (Å²) >= 11 is 0. The van der Waals surface area contributed by atoms with E-state index >= 15 is 0 Å². The summed E-state index contributed by atoms with van der Waals surface area (Å²) in [5.74, 6) is 0. The van der Waals surface area contributed by atoms with Crippen molar-refractivity contribution >= 4 is 16.9 Å². The molecule has 0 bridgehead atoms. The number of hydrogen-bond acceptors (Lipinski definition) is 3. The van der Waals surface area contributed by atoms with E-state index < -0.39 is 16.9 Å². The molecule has 0 N–H and O–H groups in total. The van der Waals surface area contributed by atoms with Gasteiger partial charge in [-0.15, -0.1) is 0 Å². The largest absolute Gasteiger partial charge is 0.497 e. The lowest BCUT2D eigenvalue weighted by atomic mass is 11.7. The summed E-state index contributed by atoms with van der Waals surface area (Å²) in [7, 11) is 1.54. The Morgan fingerprint density at radius 2 is 1.17 bits per heavy atom. The van der Waals surface area contributed by atoms with Crippen molar-refractivity contribution in [2.45, 2.75) is 25.3 Å². The molecule has 0 aliphatic heterocycles. The third kappa shape index (κ3) is 3.82. The van der Waals surface area contributed by atoms with Crippen LogP contribution < -0.4 is 0 Å². The summed E-state index contributed by atoms with van der Waals surface area (Å²) in [6.07, 6.45) is 0. The van der Waals surface area contributed by atoms with Gasteiger partial charge in [-0.2, -0.15) is 0 Å². The van der Waals surface area contributed by atoms with E-state index in [0.29, 0.717) is 0 Å². The summed E-state index contributed by atoms with van der Waals surface area (Å²) in [6, 6.07) is 0. The van der Waals surface area contributed by atoms with Crippen LogP contribution in [-0.2, 0) is 13.3 Å². The first-order valence-electron chi connectivity index (χ1n) is 4.04. The summed E-state index contributed by atoms with van der Waals surface area (Å²) in [5.41, 5.74) is 0.976. The van der Waals surface area contributed by atoms with Crippen LogP contribution in [0.1, 0.15) is 0 Å². The van der Waals surface area contributed by atoms with E-state index in [9.17, 15) is 0 Å². The molecular formula is C7H20O3Si2. The van der Waals surface area contributed by atoms with Crippen LogP contribution in [0.5, 0.6) is 0 Å². The second kappa shape index (κ2) is 4.52. The van der Waals surface area contributed by atoms with Crippen LogP contribution in [0.15, 0.2) is 0 Å². The van der Waals surface area contributed by atoms with Crippen LogP contribution in [-0.4, -0.2) is 38.2 Å².